The molecule has 0 atom stereocenters. The van der Waals surface area contributed by atoms with Crippen molar-refractivity contribution < 1.29 is 4.42 Å². The summed E-state index contributed by atoms with van der Waals surface area (Å²) in [4.78, 5) is 0. The standard InChI is InChI=1S/C21H16O/c1-2-6-16(7-3-1)14-17-10-12-18(13-11-17)21-15-19-8-4-5-9-20(19)22-21/h1-13,15H,14H2. The third-order valence-electron chi connectivity index (χ3n) is 3.92. The predicted octanol–water partition coefficient (Wildman–Crippen LogP) is 5.69. The summed E-state index contributed by atoms with van der Waals surface area (Å²) in [6.07, 6.45) is 0.960. The van der Waals surface area contributed by atoms with E-state index in [-0.39, 0.29) is 0 Å². The number of fused-ring (bicyclic) bond motifs is 1. The van der Waals surface area contributed by atoms with Crippen LogP contribution >= 0.6 is 0 Å². The number of para-hydroxylation sites is 1. The molecule has 3 aromatic carbocycles. The summed E-state index contributed by atoms with van der Waals surface area (Å²) in [5, 5.41) is 1.14. The van der Waals surface area contributed by atoms with Gasteiger partial charge in [0, 0.05) is 10.9 Å². The molecule has 0 saturated heterocycles. The van der Waals surface area contributed by atoms with Gasteiger partial charge in [0.15, 0.2) is 0 Å². The SMILES string of the molecule is c1ccc(Cc2ccc(-c3cc4ccccc4o3)cc2)cc1. The lowest BCUT2D eigenvalue weighted by atomic mass is 10.0. The van der Waals surface area contributed by atoms with Crippen LogP contribution in [0.3, 0.4) is 0 Å². The highest BCUT2D eigenvalue weighted by Crippen LogP contribution is 2.28. The van der Waals surface area contributed by atoms with E-state index in [9.17, 15) is 0 Å². The molecule has 22 heavy (non-hydrogen) atoms. The Morgan fingerprint density at radius 2 is 1.32 bits per heavy atom. The lowest BCUT2D eigenvalue weighted by Crippen LogP contribution is -1.87. The second-order valence-electron chi connectivity index (χ2n) is 5.51. The monoisotopic (exact) mass is 284 g/mol. The van der Waals surface area contributed by atoms with Crippen molar-refractivity contribution in [3.8, 4) is 11.3 Å². The number of rotatable bonds is 3. The molecule has 0 aliphatic carbocycles. The van der Waals surface area contributed by atoms with Gasteiger partial charge in [0.1, 0.15) is 11.3 Å². The molecule has 0 aliphatic heterocycles. The highest BCUT2D eigenvalue weighted by atomic mass is 16.3. The quantitative estimate of drug-likeness (QED) is 0.471. The highest BCUT2D eigenvalue weighted by Gasteiger charge is 2.05. The molecule has 0 spiro atoms. The molecule has 0 fully saturated rings. The normalized spacial score (nSPS) is 10.9. The van der Waals surface area contributed by atoms with E-state index in [1.54, 1.807) is 0 Å². The first kappa shape index (κ1) is 12.9. The fraction of sp³-hybridized carbons (Fsp3) is 0.0476. The maximum atomic E-state index is 5.91. The van der Waals surface area contributed by atoms with Crippen molar-refractivity contribution in [2.24, 2.45) is 0 Å². The fourth-order valence-corrected chi connectivity index (χ4v) is 2.74. The lowest BCUT2D eigenvalue weighted by Gasteiger charge is -2.03. The molecule has 0 unspecified atom stereocenters. The third kappa shape index (κ3) is 2.53. The zero-order valence-corrected chi connectivity index (χ0v) is 12.2. The largest absolute Gasteiger partial charge is 0.456 e. The van der Waals surface area contributed by atoms with Crippen molar-refractivity contribution >= 4 is 11.0 Å². The smallest absolute Gasteiger partial charge is 0.135 e. The van der Waals surface area contributed by atoms with E-state index in [2.05, 4.69) is 60.7 Å². The summed E-state index contributed by atoms with van der Waals surface area (Å²) in [7, 11) is 0. The summed E-state index contributed by atoms with van der Waals surface area (Å²) in [5.74, 6) is 0.924. The average molecular weight is 284 g/mol. The van der Waals surface area contributed by atoms with E-state index >= 15 is 0 Å². The molecule has 0 N–H and O–H groups in total. The summed E-state index contributed by atoms with van der Waals surface area (Å²) in [5.41, 5.74) is 4.70. The molecular weight excluding hydrogens is 268 g/mol. The highest BCUT2D eigenvalue weighted by molar-refractivity contribution is 5.82. The van der Waals surface area contributed by atoms with Gasteiger partial charge >= 0.3 is 0 Å². The molecule has 0 saturated carbocycles. The molecule has 1 heterocycles. The molecule has 0 radical (unpaired) electrons. The van der Waals surface area contributed by atoms with Crippen LogP contribution in [0.5, 0.6) is 0 Å². The van der Waals surface area contributed by atoms with E-state index in [4.69, 9.17) is 4.42 Å². The van der Waals surface area contributed by atoms with Crippen LogP contribution in [0.15, 0.2) is 89.3 Å². The molecule has 0 bridgehead atoms. The molecule has 0 amide bonds. The van der Waals surface area contributed by atoms with Crippen molar-refractivity contribution in [2.75, 3.05) is 0 Å². The van der Waals surface area contributed by atoms with Crippen LogP contribution in [0.1, 0.15) is 11.1 Å². The van der Waals surface area contributed by atoms with Gasteiger partial charge < -0.3 is 4.42 Å². The Morgan fingerprint density at radius 3 is 2.09 bits per heavy atom. The van der Waals surface area contributed by atoms with E-state index in [1.807, 2.05) is 24.3 Å². The minimum absolute atomic E-state index is 0.924. The van der Waals surface area contributed by atoms with Gasteiger partial charge in [-0.3, -0.25) is 0 Å². The van der Waals surface area contributed by atoms with Crippen LogP contribution in [0, 0.1) is 0 Å². The summed E-state index contributed by atoms with van der Waals surface area (Å²) in [6.45, 7) is 0. The van der Waals surface area contributed by atoms with Gasteiger partial charge in [-0.25, -0.2) is 0 Å². The molecular formula is C21H16O. The van der Waals surface area contributed by atoms with Gasteiger partial charge in [0.05, 0.1) is 0 Å². The van der Waals surface area contributed by atoms with Crippen LogP contribution in [0.25, 0.3) is 22.3 Å². The summed E-state index contributed by atoms with van der Waals surface area (Å²) >= 11 is 0. The van der Waals surface area contributed by atoms with E-state index < -0.39 is 0 Å². The number of benzene rings is 3. The Balaban J connectivity index is 1.61. The maximum Gasteiger partial charge on any atom is 0.135 e. The van der Waals surface area contributed by atoms with Gasteiger partial charge in [-0.15, -0.1) is 0 Å². The Labute approximate surface area is 129 Å². The zero-order chi connectivity index (χ0) is 14.8. The topological polar surface area (TPSA) is 13.1 Å². The molecule has 1 aromatic heterocycles. The van der Waals surface area contributed by atoms with Gasteiger partial charge in [0.2, 0.25) is 0 Å². The molecule has 1 heteroatoms. The van der Waals surface area contributed by atoms with Crippen LogP contribution < -0.4 is 0 Å². The Kier molecular flexibility index (Phi) is 3.24. The summed E-state index contributed by atoms with van der Waals surface area (Å²) in [6, 6.07) is 29.4. The van der Waals surface area contributed by atoms with Crippen molar-refractivity contribution in [1.82, 2.24) is 0 Å². The van der Waals surface area contributed by atoms with Crippen LogP contribution in [-0.2, 0) is 6.42 Å². The second-order valence-corrected chi connectivity index (χ2v) is 5.51. The van der Waals surface area contributed by atoms with Crippen LogP contribution in [0.2, 0.25) is 0 Å². The molecule has 1 nitrogen and oxygen atoms in total. The summed E-state index contributed by atoms with van der Waals surface area (Å²) < 4.78 is 5.91. The second kappa shape index (κ2) is 5.53. The van der Waals surface area contributed by atoms with Gasteiger partial charge in [-0.2, -0.15) is 0 Å². The zero-order valence-electron chi connectivity index (χ0n) is 12.2. The van der Waals surface area contributed by atoms with Crippen LogP contribution in [-0.4, -0.2) is 0 Å². The number of hydrogen-bond donors (Lipinski definition) is 0. The predicted molar refractivity (Wildman–Crippen MR) is 90.9 cm³/mol. The van der Waals surface area contributed by atoms with Gasteiger partial charge in [-0.05, 0) is 29.7 Å². The van der Waals surface area contributed by atoms with E-state index in [0.29, 0.717) is 0 Å². The minimum atomic E-state index is 0.924. The van der Waals surface area contributed by atoms with Gasteiger partial charge in [0.25, 0.3) is 0 Å². The van der Waals surface area contributed by atoms with E-state index in [0.717, 1.165) is 28.7 Å². The molecule has 106 valence electrons. The average Bonchev–Trinajstić information content (AvgIpc) is 3.00. The Bertz CT molecular complexity index is 853. The minimum Gasteiger partial charge on any atom is -0.456 e. The Hall–Kier alpha value is -2.80. The van der Waals surface area contributed by atoms with Gasteiger partial charge in [-0.1, -0.05) is 72.8 Å². The maximum absolute atomic E-state index is 5.91. The van der Waals surface area contributed by atoms with Crippen molar-refractivity contribution in [3.63, 3.8) is 0 Å². The molecule has 4 aromatic rings. The van der Waals surface area contributed by atoms with E-state index in [1.165, 1.54) is 11.1 Å². The first-order valence-corrected chi connectivity index (χ1v) is 7.50. The molecule has 0 aliphatic rings. The third-order valence-corrected chi connectivity index (χ3v) is 3.92. The van der Waals surface area contributed by atoms with Crippen molar-refractivity contribution in [3.05, 3.63) is 96.1 Å². The number of hydrogen-bond acceptors (Lipinski definition) is 1. The lowest BCUT2D eigenvalue weighted by molar-refractivity contribution is 0.631. The Morgan fingerprint density at radius 1 is 0.636 bits per heavy atom. The first-order valence-electron chi connectivity index (χ1n) is 7.50. The molecule has 4 rings (SSSR count). The van der Waals surface area contributed by atoms with Crippen LogP contribution in [0.4, 0.5) is 0 Å². The van der Waals surface area contributed by atoms with Crippen molar-refractivity contribution in [2.45, 2.75) is 6.42 Å². The first-order chi connectivity index (χ1) is 10.9. The van der Waals surface area contributed by atoms with Crippen molar-refractivity contribution in [1.29, 1.82) is 0 Å². The number of furan rings is 1. The fourth-order valence-electron chi connectivity index (χ4n) is 2.74.